The van der Waals surface area contributed by atoms with Crippen LogP contribution < -0.4 is 5.32 Å². The highest BCUT2D eigenvalue weighted by atomic mass is 16.4. The summed E-state index contributed by atoms with van der Waals surface area (Å²) in [6.45, 7) is 5.67. The first-order chi connectivity index (χ1) is 9.23. The minimum atomic E-state index is -0.912. The van der Waals surface area contributed by atoms with Crippen LogP contribution in [0.4, 0.5) is 0 Å². The van der Waals surface area contributed by atoms with Crippen molar-refractivity contribution < 1.29 is 19.8 Å². The first-order valence-electron chi connectivity index (χ1n) is 7.39. The van der Waals surface area contributed by atoms with Gasteiger partial charge < -0.3 is 15.5 Å². The van der Waals surface area contributed by atoms with Crippen LogP contribution in [-0.2, 0) is 9.59 Å². The van der Waals surface area contributed by atoms with E-state index < -0.39 is 28.8 Å². The molecule has 0 aliphatic heterocycles. The van der Waals surface area contributed by atoms with Gasteiger partial charge in [-0.05, 0) is 24.2 Å². The van der Waals surface area contributed by atoms with Crippen LogP contribution in [0.25, 0.3) is 0 Å². The van der Waals surface area contributed by atoms with E-state index in [0.717, 1.165) is 25.7 Å². The molecule has 3 N–H and O–H groups in total. The molecule has 0 saturated heterocycles. The van der Waals surface area contributed by atoms with E-state index in [0.29, 0.717) is 5.92 Å². The molecule has 2 fully saturated rings. The van der Waals surface area contributed by atoms with E-state index in [-0.39, 0.29) is 12.5 Å². The number of amides is 1. The van der Waals surface area contributed by atoms with E-state index in [1.807, 2.05) is 13.8 Å². The lowest BCUT2D eigenvalue weighted by Crippen LogP contribution is -2.54. The Kier molecular flexibility index (Phi) is 3.84. The molecule has 1 amide bonds. The van der Waals surface area contributed by atoms with Crippen molar-refractivity contribution in [1.82, 2.24) is 5.32 Å². The summed E-state index contributed by atoms with van der Waals surface area (Å²) in [5.74, 6) is -1.76. The Morgan fingerprint density at radius 1 is 1.30 bits per heavy atom. The molecule has 20 heavy (non-hydrogen) atoms. The zero-order chi connectivity index (χ0) is 15.1. The Hall–Kier alpha value is -1.10. The van der Waals surface area contributed by atoms with Crippen molar-refractivity contribution in [2.75, 3.05) is 6.61 Å². The molecule has 114 valence electrons. The Bertz CT molecular complexity index is 420. The smallest absolute Gasteiger partial charge is 0.307 e. The fourth-order valence-corrected chi connectivity index (χ4v) is 3.88. The van der Waals surface area contributed by atoms with Crippen molar-refractivity contribution in [3.63, 3.8) is 0 Å². The van der Waals surface area contributed by atoms with Crippen molar-refractivity contribution in [1.29, 1.82) is 0 Å². The summed E-state index contributed by atoms with van der Waals surface area (Å²) in [6, 6.07) is 0. The van der Waals surface area contributed by atoms with Crippen LogP contribution in [0.2, 0.25) is 0 Å². The van der Waals surface area contributed by atoms with E-state index in [1.54, 1.807) is 0 Å². The Balaban J connectivity index is 2.06. The molecule has 2 unspecified atom stereocenters. The summed E-state index contributed by atoms with van der Waals surface area (Å²) in [6.07, 6.45) is 3.63. The Morgan fingerprint density at radius 2 is 1.95 bits per heavy atom. The molecule has 5 nitrogen and oxygen atoms in total. The molecule has 2 saturated carbocycles. The van der Waals surface area contributed by atoms with Crippen LogP contribution in [0.1, 0.15) is 46.5 Å². The molecule has 4 atom stereocenters. The number of carboxylic acid groups (broad SMARTS) is 1. The number of rotatable bonds is 4. The standard InChI is InChI=1S/C15H25NO4/c1-9-5-4-6-15(7-9,8-17)16-12(18)10-11(13(19)20)14(10,2)3/h9-11,17H,4-8H2,1-3H3,(H,16,18)(H,19,20)/t9?,10-,11+,15?/m1/s1. The number of carbonyl (C=O) groups excluding carboxylic acids is 1. The number of carboxylic acids is 1. The number of carbonyl (C=O) groups is 2. The number of nitrogens with one attached hydrogen (secondary N) is 1. The molecule has 2 aliphatic carbocycles. The van der Waals surface area contributed by atoms with Crippen LogP contribution in [0.3, 0.4) is 0 Å². The molecule has 2 rings (SSSR count). The van der Waals surface area contributed by atoms with Crippen molar-refractivity contribution in [2.45, 2.75) is 52.0 Å². The Morgan fingerprint density at radius 3 is 2.40 bits per heavy atom. The molecule has 0 aromatic heterocycles. The average molecular weight is 283 g/mol. The third kappa shape index (κ3) is 2.55. The van der Waals surface area contributed by atoms with E-state index >= 15 is 0 Å². The van der Waals surface area contributed by atoms with Crippen molar-refractivity contribution >= 4 is 11.9 Å². The summed E-state index contributed by atoms with van der Waals surface area (Å²) in [5.41, 5.74) is -1.05. The van der Waals surface area contributed by atoms with Gasteiger partial charge in [0.1, 0.15) is 0 Å². The predicted octanol–water partition coefficient (Wildman–Crippen LogP) is 1.40. The molecule has 0 spiro atoms. The van der Waals surface area contributed by atoms with Crippen molar-refractivity contribution in [3.8, 4) is 0 Å². The van der Waals surface area contributed by atoms with E-state index in [1.165, 1.54) is 0 Å². The summed E-state index contributed by atoms with van der Waals surface area (Å²) in [7, 11) is 0. The lowest BCUT2D eigenvalue weighted by Gasteiger charge is -2.39. The van der Waals surface area contributed by atoms with Gasteiger partial charge in [-0.15, -0.1) is 0 Å². The van der Waals surface area contributed by atoms with Gasteiger partial charge in [-0.25, -0.2) is 0 Å². The van der Waals surface area contributed by atoms with E-state index in [9.17, 15) is 14.7 Å². The van der Waals surface area contributed by atoms with Gasteiger partial charge in [0.05, 0.1) is 24.0 Å². The highest BCUT2D eigenvalue weighted by Gasteiger charge is 2.66. The van der Waals surface area contributed by atoms with Gasteiger partial charge >= 0.3 is 5.97 Å². The van der Waals surface area contributed by atoms with Gasteiger partial charge in [0, 0.05) is 0 Å². The summed E-state index contributed by atoms with van der Waals surface area (Å²) < 4.78 is 0. The second-order valence-electron chi connectivity index (χ2n) is 7.24. The molecule has 5 heteroatoms. The minimum absolute atomic E-state index is 0.0754. The van der Waals surface area contributed by atoms with Crippen LogP contribution in [-0.4, -0.2) is 34.2 Å². The van der Waals surface area contributed by atoms with Crippen LogP contribution in [0.5, 0.6) is 0 Å². The molecule has 2 aliphatic rings. The van der Waals surface area contributed by atoms with Crippen molar-refractivity contribution in [3.05, 3.63) is 0 Å². The maximum atomic E-state index is 12.4. The SMILES string of the molecule is CC1CCCC(CO)(NC(=O)[C@H]2[C@@H](C(=O)O)C2(C)C)C1. The second-order valence-corrected chi connectivity index (χ2v) is 7.24. The number of aliphatic hydroxyl groups excluding tert-OH is 1. The topological polar surface area (TPSA) is 86.6 Å². The van der Waals surface area contributed by atoms with Gasteiger partial charge in [-0.3, -0.25) is 9.59 Å². The molecule has 0 aromatic rings. The normalized spacial score (nSPS) is 39.1. The average Bonchev–Trinajstić information content (AvgIpc) is 2.92. The molecule has 0 heterocycles. The Labute approximate surface area is 119 Å². The quantitative estimate of drug-likeness (QED) is 0.728. The van der Waals surface area contributed by atoms with Crippen LogP contribution >= 0.6 is 0 Å². The van der Waals surface area contributed by atoms with E-state index in [2.05, 4.69) is 12.2 Å². The molecular weight excluding hydrogens is 258 g/mol. The maximum Gasteiger partial charge on any atom is 0.307 e. The first kappa shape index (κ1) is 15.3. The maximum absolute atomic E-state index is 12.4. The van der Waals surface area contributed by atoms with Gasteiger partial charge in [0.15, 0.2) is 0 Å². The zero-order valence-electron chi connectivity index (χ0n) is 12.5. The first-order valence-corrected chi connectivity index (χ1v) is 7.39. The lowest BCUT2D eigenvalue weighted by atomic mass is 9.76. The van der Waals surface area contributed by atoms with Crippen LogP contribution in [0, 0.1) is 23.2 Å². The summed E-state index contributed by atoms with van der Waals surface area (Å²) in [4.78, 5) is 23.5. The van der Waals surface area contributed by atoms with Gasteiger partial charge in [0.25, 0.3) is 0 Å². The third-order valence-electron chi connectivity index (χ3n) is 5.16. The molecular formula is C15H25NO4. The predicted molar refractivity (Wildman–Crippen MR) is 74.0 cm³/mol. The second kappa shape index (κ2) is 5.02. The fraction of sp³-hybridized carbons (Fsp3) is 0.867. The minimum Gasteiger partial charge on any atom is -0.481 e. The van der Waals surface area contributed by atoms with Crippen molar-refractivity contribution in [2.24, 2.45) is 23.2 Å². The number of aliphatic carboxylic acids is 1. The summed E-state index contributed by atoms with van der Waals surface area (Å²) >= 11 is 0. The van der Waals surface area contributed by atoms with E-state index in [4.69, 9.17) is 5.11 Å². The van der Waals surface area contributed by atoms with Gasteiger partial charge in [-0.2, -0.15) is 0 Å². The zero-order valence-corrected chi connectivity index (χ0v) is 12.5. The number of aliphatic hydroxyl groups is 1. The van der Waals surface area contributed by atoms with Gasteiger partial charge in [-0.1, -0.05) is 33.6 Å². The summed E-state index contributed by atoms with van der Waals surface area (Å²) in [5, 5.41) is 21.8. The highest BCUT2D eigenvalue weighted by molar-refractivity contribution is 5.92. The number of hydrogen-bond donors (Lipinski definition) is 3. The molecule has 0 bridgehead atoms. The monoisotopic (exact) mass is 283 g/mol. The fourth-order valence-electron chi connectivity index (χ4n) is 3.88. The third-order valence-corrected chi connectivity index (χ3v) is 5.16. The van der Waals surface area contributed by atoms with Gasteiger partial charge in [0.2, 0.25) is 5.91 Å². The van der Waals surface area contributed by atoms with Crippen LogP contribution in [0.15, 0.2) is 0 Å². The highest BCUT2D eigenvalue weighted by Crippen LogP contribution is 2.58. The molecule has 0 aromatic carbocycles. The number of hydrogen-bond acceptors (Lipinski definition) is 3. The lowest BCUT2D eigenvalue weighted by molar-refractivity contribution is -0.140. The molecule has 0 radical (unpaired) electrons. The largest absolute Gasteiger partial charge is 0.481 e.